The van der Waals surface area contributed by atoms with Crippen molar-refractivity contribution in [3.63, 3.8) is 0 Å². The Hall–Kier alpha value is -1.28. The predicted octanol–water partition coefficient (Wildman–Crippen LogP) is 3.17. The summed E-state index contributed by atoms with van der Waals surface area (Å²) in [6, 6.07) is 3.18. The molecule has 106 valence electrons. The van der Waals surface area contributed by atoms with Crippen molar-refractivity contribution in [2.75, 3.05) is 7.11 Å². The van der Waals surface area contributed by atoms with E-state index in [9.17, 15) is 4.79 Å². The number of carbonyl (C=O) groups excluding carboxylic acids is 1. The van der Waals surface area contributed by atoms with Crippen LogP contribution in [0.25, 0.3) is 0 Å². The summed E-state index contributed by atoms with van der Waals surface area (Å²) in [5.74, 6) is 0.254. The molecule has 1 unspecified atom stereocenters. The maximum atomic E-state index is 12.3. The van der Waals surface area contributed by atoms with Crippen LogP contribution in [0.1, 0.15) is 28.9 Å². The van der Waals surface area contributed by atoms with E-state index in [1.165, 1.54) is 7.11 Å². The van der Waals surface area contributed by atoms with Gasteiger partial charge in [0.15, 0.2) is 0 Å². The van der Waals surface area contributed by atoms with Gasteiger partial charge < -0.3 is 10.1 Å². The Balaban J connectivity index is 2.23. The second-order valence-corrected chi connectivity index (χ2v) is 5.76. The number of aromatic nitrogens is 2. The Labute approximate surface area is 135 Å². The van der Waals surface area contributed by atoms with E-state index in [0.29, 0.717) is 16.3 Å². The Kier molecular flexibility index (Phi) is 4.87. The van der Waals surface area contributed by atoms with Crippen molar-refractivity contribution in [1.82, 2.24) is 15.5 Å². The average Bonchev–Trinajstić information content (AvgIpc) is 2.95. The molecule has 0 aliphatic carbocycles. The van der Waals surface area contributed by atoms with E-state index in [4.69, 9.17) is 16.3 Å². The van der Waals surface area contributed by atoms with Crippen LogP contribution in [0, 0.1) is 3.57 Å². The number of nitrogens with zero attached hydrogens (tertiary/aromatic N) is 1. The quantitative estimate of drug-likeness (QED) is 0.768. The molecule has 1 amide bonds. The smallest absolute Gasteiger partial charge is 0.255 e. The molecule has 1 atom stereocenters. The second kappa shape index (κ2) is 6.45. The van der Waals surface area contributed by atoms with Gasteiger partial charge in [-0.2, -0.15) is 5.10 Å². The summed E-state index contributed by atoms with van der Waals surface area (Å²) in [5, 5.41) is 9.98. The lowest BCUT2D eigenvalue weighted by molar-refractivity contribution is 0.0937. The van der Waals surface area contributed by atoms with E-state index in [-0.39, 0.29) is 11.9 Å². The topological polar surface area (TPSA) is 67.0 Å². The molecule has 2 rings (SSSR count). The number of carbonyl (C=O) groups is 1. The van der Waals surface area contributed by atoms with Crippen LogP contribution in [0.2, 0.25) is 5.02 Å². The van der Waals surface area contributed by atoms with Gasteiger partial charge in [0.1, 0.15) is 5.75 Å². The maximum absolute atomic E-state index is 12.3. The average molecular weight is 406 g/mol. The van der Waals surface area contributed by atoms with Gasteiger partial charge in [-0.3, -0.25) is 9.89 Å². The van der Waals surface area contributed by atoms with Crippen molar-refractivity contribution in [1.29, 1.82) is 0 Å². The molecule has 0 saturated carbocycles. The van der Waals surface area contributed by atoms with Crippen LogP contribution in [-0.4, -0.2) is 23.2 Å². The third-order valence-corrected chi connectivity index (χ3v) is 4.38. The molecule has 20 heavy (non-hydrogen) atoms. The summed E-state index contributed by atoms with van der Waals surface area (Å²) in [7, 11) is 1.52. The van der Waals surface area contributed by atoms with Gasteiger partial charge in [0.05, 0.1) is 29.9 Å². The molecule has 0 bridgehead atoms. The number of rotatable bonds is 4. The number of methoxy groups -OCH3 is 1. The fourth-order valence-corrected chi connectivity index (χ4v) is 2.33. The normalized spacial score (nSPS) is 12.0. The van der Waals surface area contributed by atoms with Crippen LogP contribution in [0.15, 0.2) is 24.5 Å². The molecule has 0 aliphatic heterocycles. The van der Waals surface area contributed by atoms with Gasteiger partial charge >= 0.3 is 0 Å². The Morgan fingerprint density at radius 3 is 2.90 bits per heavy atom. The molecule has 0 fully saturated rings. The van der Waals surface area contributed by atoms with Gasteiger partial charge in [0, 0.05) is 15.3 Å². The van der Waals surface area contributed by atoms with Gasteiger partial charge in [-0.15, -0.1) is 0 Å². The van der Waals surface area contributed by atoms with Gasteiger partial charge in [-0.05, 0) is 41.6 Å². The highest BCUT2D eigenvalue weighted by Crippen LogP contribution is 2.28. The highest BCUT2D eigenvalue weighted by molar-refractivity contribution is 14.1. The van der Waals surface area contributed by atoms with E-state index >= 15 is 0 Å². The number of aromatic amines is 1. The molecule has 0 spiro atoms. The summed E-state index contributed by atoms with van der Waals surface area (Å²) in [5.41, 5.74) is 1.31. The minimum atomic E-state index is -0.242. The van der Waals surface area contributed by atoms with Crippen LogP contribution in [-0.2, 0) is 0 Å². The summed E-state index contributed by atoms with van der Waals surface area (Å²) >= 11 is 8.16. The van der Waals surface area contributed by atoms with Crippen molar-refractivity contribution >= 4 is 40.1 Å². The first kappa shape index (κ1) is 15.1. The number of hydrogen-bond acceptors (Lipinski definition) is 3. The van der Waals surface area contributed by atoms with Gasteiger partial charge in [0.25, 0.3) is 5.91 Å². The zero-order valence-corrected chi connectivity index (χ0v) is 13.8. The monoisotopic (exact) mass is 405 g/mol. The fourth-order valence-electron chi connectivity index (χ4n) is 1.73. The molecule has 0 saturated heterocycles. The van der Waals surface area contributed by atoms with Gasteiger partial charge in [-0.1, -0.05) is 11.6 Å². The van der Waals surface area contributed by atoms with Crippen LogP contribution >= 0.6 is 34.2 Å². The van der Waals surface area contributed by atoms with Crippen molar-refractivity contribution in [2.45, 2.75) is 13.0 Å². The van der Waals surface area contributed by atoms with Crippen LogP contribution in [0.5, 0.6) is 5.75 Å². The largest absolute Gasteiger partial charge is 0.496 e. The number of amides is 1. The van der Waals surface area contributed by atoms with Crippen molar-refractivity contribution in [3.8, 4) is 5.75 Å². The highest BCUT2D eigenvalue weighted by Gasteiger charge is 2.18. The van der Waals surface area contributed by atoms with E-state index < -0.39 is 0 Å². The first-order chi connectivity index (χ1) is 9.52. The van der Waals surface area contributed by atoms with E-state index in [2.05, 4.69) is 38.1 Å². The summed E-state index contributed by atoms with van der Waals surface area (Å²) < 4.78 is 6.07. The molecule has 1 aromatic heterocycles. The molecule has 0 aliphatic rings. The minimum absolute atomic E-state index is 0.163. The Morgan fingerprint density at radius 1 is 1.55 bits per heavy atom. The molecule has 7 heteroatoms. The highest BCUT2D eigenvalue weighted by atomic mass is 127. The van der Waals surface area contributed by atoms with Crippen molar-refractivity contribution in [3.05, 3.63) is 44.2 Å². The number of halogens is 2. The molecule has 1 heterocycles. The number of ether oxygens (including phenoxy) is 1. The van der Waals surface area contributed by atoms with Crippen molar-refractivity contribution in [2.24, 2.45) is 0 Å². The number of H-pyrrole nitrogens is 1. The van der Waals surface area contributed by atoms with Gasteiger partial charge in [-0.25, -0.2) is 0 Å². The van der Waals surface area contributed by atoms with Crippen LogP contribution in [0.3, 0.4) is 0 Å². The standard InChI is InChI=1S/C13H13ClIN3O2/c1-7(8-5-16-17-6-8)18-13(19)9-3-10(14)11(15)4-12(9)20-2/h3-7H,1-2H3,(H,16,17)(H,18,19). The van der Waals surface area contributed by atoms with E-state index in [1.54, 1.807) is 24.5 Å². The van der Waals surface area contributed by atoms with Gasteiger partial charge in [0.2, 0.25) is 0 Å². The lowest BCUT2D eigenvalue weighted by Crippen LogP contribution is -2.26. The molecule has 1 aromatic carbocycles. The predicted molar refractivity (Wildman–Crippen MR) is 85.2 cm³/mol. The zero-order chi connectivity index (χ0) is 14.7. The second-order valence-electron chi connectivity index (χ2n) is 4.19. The van der Waals surface area contributed by atoms with Crippen molar-refractivity contribution < 1.29 is 9.53 Å². The lowest BCUT2D eigenvalue weighted by atomic mass is 10.1. The number of benzene rings is 1. The molecule has 2 N–H and O–H groups in total. The first-order valence-corrected chi connectivity index (χ1v) is 7.31. The van der Waals surface area contributed by atoms with E-state index in [0.717, 1.165) is 9.13 Å². The maximum Gasteiger partial charge on any atom is 0.255 e. The Bertz CT molecular complexity index is 616. The molecule has 5 nitrogen and oxygen atoms in total. The van der Waals surface area contributed by atoms with E-state index in [1.807, 2.05) is 6.92 Å². The number of nitrogens with one attached hydrogen (secondary N) is 2. The number of hydrogen-bond donors (Lipinski definition) is 2. The third-order valence-electron chi connectivity index (χ3n) is 2.85. The summed E-state index contributed by atoms with van der Waals surface area (Å²) in [6.07, 6.45) is 3.41. The summed E-state index contributed by atoms with van der Waals surface area (Å²) in [4.78, 5) is 12.3. The molecular weight excluding hydrogens is 393 g/mol. The lowest BCUT2D eigenvalue weighted by Gasteiger charge is -2.14. The first-order valence-electron chi connectivity index (χ1n) is 5.85. The fraction of sp³-hybridized carbons (Fsp3) is 0.231. The Morgan fingerprint density at radius 2 is 2.30 bits per heavy atom. The third kappa shape index (κ3) is 3.24. The molecular formula is C13H13ClIN3O2. The van der Waals surface area contributed by atoms with Crippen LogP contribution in [0.4, 0.5) is 0 Å². The van der Waals surface area contributed by atoms with Crippen LogP contribution < -0.4 is 10.1 Å². The zero-order valence-electron chi connectivity index (χ0n) is 10.9. The minimum Gasteiger partial charge on any atom is -0.496 e. The summed E-state index contributed by atoms with van der Waals surface area (Å²) in [6.45, 7) is 1.88. The molecule has 0 radical (unpaired) electrons. The molecule has 2 aromatic rings. The SMILES string of the molecule is COc1cc(I)c(Cl)cc1C(=O)NC(C)c1cn[nH]c1.